The molecule has 0 atom stereocenters. The third kappa shape index (κ3) is 4.58. The average molecular weight is 423 g/mol. The van der Waals surface area contributed by atoms with E-state index in [1.807, 2.05) is 24.3 Å². The van der Waals surface area contributed by atoms with Gasteiger partial charge >= 0.3 is 0 Å². The fourth-order valence-electron chi connectivity index (χ4n) is 2.76. The minimum absolute atomic E-state index is 0.0301. The number of carbonyl (C=O) groups is 1. The van der Waals surface area contributed by atoms with Crippen molar-refractivity contribution >= 4 is 44.2 Å². The Morgan fingerprint density at radius 1 is 1.24 bits per heavy atom. The van der Waals surface area contributed by atoms with Gasteiger partial charge in [0.15, 0.2) is 0 Å². The van der Waals surface area contributed by atoms with Gasteiger partial charge in [-0.1, -0.05) is 36.7 Å². The Morgan fingerprint density at radius 3 is 2.44 bits per heavy atom. The molecular weight excluding hydrogens is 400 g/mol. The molecule has 1 aliphatic heterocycles. The van der Waals surface area contributed by atoms with E-state index in [1.54, 1.807) is 0 Å². The third-order valence-corrected chi connectivity index (χ3v) is 5.64. The van der Waals surface area contributed by atoms with Crippen molar-refractivity contribution in [3.8, 4) is 0 Å². The van der Waals surface area contributed by atoms with Crippen LogP contribution in [0.2, 0.25) is 0 Å². The number of benzene rings is 1. The van der Waals surface area contributed by atoms with E-state index in [9.17, 15) is 4.79 Å². The summed E-state index contributed by atoms with van der Waals surface area (Å²) in [6, 6.07) is 7.68. The van der Waals surface area contributed by atoms with Gasteiger partial charge in [0.1, 0.15) is 5.82 Å². The molecule has 1 aromatic carbocycles. The molecule has 1 saturated heterocycles. The largest absolute Gasteiger partial charge is 0.347 e. The van der Waals surface area contributed by atoms with Crippen LogP contribution in [0.25, 0.3) is 0 Å². The number of hydrogen-bond donors (Lipinski definition) is 1. The van der Waals surface area contributed by atoms with Crippen molar-refractivity contribution in [3.05, 3.63) is 34.6 Å². The van der Waals surface area contributed by atoms with Crippen molar-refractivity contribution in [1.82, 2.24) is 9.36 Å². The molecular formula is C18H23BrN4OS. The van der Waals surface area contributed by atoms with Crippen molar-refractivity contribution in [2.24, 2.45) is 5.92 Å². The van der Waals surface area contributed by atoms with Gasteiger partial charge in [-0.25, -0.2) is 4.98 Å². The molecule has 7 heteroatoms. The molecule has 2 heterocycles. The molecule has 25 heavy (non-hydrogen) atoms. The summed E-state index contributed by atoms with van der Waals surface area (Å²) in [6.07, 6.45) is 1.68. The second kappa shape index (κ2) is 7.41. The van der Waals surface area contributed by atoms with Crippen LogP contribution in [0.3, 0.4) is 0 Å². The Morgan fingerprint density at radius 2 is 1.88 bits per heavy atom. The summed E-state index contributed by atoms with van der Waals surface area (Å²) >= 11 is 4.86. The van der Waals surface area contributed by atoms with E-state index in [0.717, 1.165) is 47.0 Å². The molecule has 0 radical (unpaired) electrons. The van der Waals surface area contributed by atoms with Gasteiger partial charge in [0.05, 0.1) is 0 Å². The quantitative estimate of drug-likeness (QED) is 0.793. The SMILES string of the molecule is CC(C)(C)c1nsc(N2CCC(C(=O)Nc3ccc(Br)cc3)CC2)n1. The van der Waals surface area contributed by atoms with Crippen LogP contribution in [-0.4, -0.2) is 28.4 Å². The molecule has 1 N–H and O–H groups in total. The highest BCUT2D eigenvalue weighted by Gasteiger charge is 2.28. The minimum Gasteiger partial charge on any atom is -0.347 e. The molecule has 1 fully saturated rings. The minimum atomic E-state index is -0.0301. The molecule has 134 valence electrons. The summed E-state index contributed by atoms with van der Waals surface area (Å²) in [5.41, 5.74) is 0.812. The van der Waals surface area contributed by atoms with Crippen molar-refractivity contribution in [2.45, 2.75) is 39.0 Å². The predicted octanol–water partition coefficient (Wildman–Crippen LogP) is 4.45. The van der Waals surface area contributed by atoms with E-state index in [2.05, 4.69) is 56.3 Å². The van der Waals surface area contributed by atoms with Gasteiger partial charge in [-0.3, -0.25) is 4.79 Å². The fraction of sp³-hybridized carbons (Fsp3) is 0.500. The first-order valence-electron chi connectivity index (χ1n) is 8.48. The molecule has 5 nitrogen and oxygen atoms in total. The Balaban J connectivity index is 1.55. The van der Waals surface area contributed by atoms with E-state index >= 15 is 0 Å². The van der Waals surface area contributed by atoms with E-state index in [-0.39, 0.29) is 17.2 Å². The Labute approximate surface area is 161 Å². The van der Waals surface area contributed by atoms with E-state index in [4.69, 9.17) is 0 Å². The molecule has 1 amide bonds. The van der Waals surface area contributed by atoms with Crippen molar-refractivity contribution < 1.29 is 4.79 Å². The molecule has 1 aliphatic rings. The van der Waals surface area contributed by atoms with Gasteiger partial charge in [-0.15, -0.1) is 0 Å². The van der Waals surface area contributed by atoms with Crippen molar-refractivity contribution in [1.29, 1.82) is 0 Å². The molecule has 2 aromatic rings. The fourth-order valence-corrected chi connectivity index (χ4v) is 3.93. The molecule has 1 aromatic heterocycles. The van der Waals surface area contributed by atoms with Gasteiger partial charge in [0.2, 0.25) is 11.0 Å². The number of hydrogen-bond acceptors (Lipinski definition) is 5. The third-order valence-electron chi connectivity index (χ3n) is 4.33. The first-order chi connectivity index (χ1) is 11.8. The van der Waals surface area contributed by atoms with Crippen LogP contribution in [0.1, 0.15) is 39.4 Å². The van der Waals surface area contributed by atoms with E-state index in [0.29, 0.717) is 0 Å². The zero-order chi connectivity index (χ0) is 18.0. The van der Waals surface area contributed by atoms with Crippen LogP contribution < -0.4 is 10.2 Å². The summed E-state index contributed by atoms with van der Waals surface area (Å²) in [6.45, 7) is 8.06. The highest BCUT2D eigenvalue weighted by atomic mass is 79.9. The summed E-state index contributed by atoms with van der Waals surface area (Å²) in [7, 11) is 0. The lowest BCUT2D eigenvalue weighted by Crippen LogP contribution is -2.38. The number of nitrogens with zero attached hydrogens (tertiary/aromatic N) is 3. The number of carbonyl (C=O) groups excluding carboxylic acids is 1. The highest BCUT2D eigenvalue weighted by Crippen LogP contribution is 2.29. The molecule has 0 saturated carbocycles. The van der Waals surface area contributed by atoms with Crippen LogP contribution in [0, 0.1) is 5.92 Å². The topological polar surface area (TPSA) is 58.1 Å². The number of aromatic nitrogens is 2. The van der Waals surface area contributed by atoms with Crippen molar-refractivity contribution in [3.63, 3.8) is 0 Å². The van der Waals surface area contributed by atoms with Gasteiger partial charge < -0.3 is 10.2 Å². The van der Waals surface area contributed by atoms with Gasteiger partial charge in [0, 0.05) is 46.1 Å². The maximum atomic E-state index is 12.5. The van der Waals surface area contributed by atoms with Crippen LogP contribution in [0.5, 0.6) is 0 Å². The predicted molar refractivity (Wildman–Crippen MR) is 106 cm³/mol. The lowest BCUT2D eigenvalue weighted by atomic mass is 9.95. The van der Waals surface area contributed by atoms with Crippen LogP contribution in [0.15, 0.2) is 28.7 Å². The number of rotatable bonds is 3. The maximum absolute atomic E-state index is 12.5. The summed E-state index contributed by atoms with van der Waals surface area (Å²) in [4.78, 5) is 19.4. The smallest absolute Gasteiger partial charge is 0.227 e. The molecule has 3 rings (SSSR count). The number of halogens is 1. The number of anilines is 2. The number of piperidine rings is 1. The summed E-state index contributed by atoms with van der Waals surface area (Å²) < 4.78 is 5.49. The summed E-state index contributed by atoms with van der Waals surface area (Å²) in [5, 5.41) is 3.98. The molecule has 0 unspecified atom stereocenters. The first-order valence-corrected chi connectivity index (χ1v) is 10.0. The molecule has 0 bridgehead atoms. The van der Waals surface area contributed by atoms with Gasteiger partial charge in [0.25, 0.3) is 0 Å². The first kappa shape index (κ1) is 18.3. The Kier molecular flexibility index (Phi) is 5.43. The van der Waals surface area contributed by atoms with Crippen molar-refractivity contribution in [2.75, 3.05) is 23.3 Å². The molecule has 0 aliphatic carbocycles. The zero-order valence-electron chi connectivity index (χ0n) is 14.8. The lowest BCUT2D eigenvalue weighted by Gasteiger charge is -2.30. The number of nitrogens with one attached hydrogen (secondary N) is 1. The van der Waals surface area contributed by atoms with Gasteiger partial charge in [-0.2, -0.15) is 4.37 Å². The average Bonchev–Trinajstić information content (AvgIpc) is 3.07. The zero-order valence-corrected chi connectivity index (χ0v) is 17.2. The van der Waals surface area contributed by atoms with Gasteiger partial charge in [-0.05, 0) is 37.1 Å². The normalized spacial score (nSPS) is 16.1. The van der Waals surface area contributed by atoms with Crippen LogP contribution in [0.4, 0.5) is 10.8 Å². The Hall–Kier alpha value is -1.47. The van der Waals surface area contributed by atoms with E-state index < -0.39 is 0 Å². The second-order valence-electron chi connectivity index (χ2n) is 7.41. The monoisotopic (exact) mass is 422 g/mol. The number of amides is 1. The summed E-state index contributed by atoms with van der Waals surface area (Å²) in [5.74, 6) is 1.05. The van der Waals surface area contributed by atoms with Crippen LogP contribution in [-0.2, 0) is 10.2 Å². The maximum Gasteiger partial charge on any atom is 0.227 e. The second-order valence-corrected chi connectivity index (χ2v) is 9.05. The van der Waals surface area contributed by atoms with Crippen LogP contribution >= 0.6 is 27.5 Å². The Bertz CT molecular complexity index is 730. The van der Waals surface area contributed by atoms with E-state index in [1.165, 1.54) is 11.5 Å². The standard InChI is InChI=1S/C18H23BrN4OS/c1-18(2,3)16-21-17(25-22-16)23-10-8-12(9-11-23)15(24)20-14-6-4-13(19)5-7-14/h4-7,12H,8-11H2,1-3H3,(H,20,24). The highest BCUT2D eigenvalue weighted by molar-refractivity contribution is 9.10. The molecule has 0 spiro atoms. The lowest BCUT2D eigenvalue weighted by molar-refractivity contribution is -0.120.